The quantitative estimate of drug-likeness (QED) is 0.210. The van der Waals surface area contributed by atoms with Crippen LogP contribution < -0.4 is 0 Å². The molecule has 2 nitrogen and oxygen atoms in total. The van der Waals surface area contributed by atoms with Crippen LogP contribution in [-0.4, -0.2) is 6.29 Å². The number of aldehydes is 1. The van der Waals surface area contributed by atoms with Gasteiger partial charge in [0, 0.05) is 12.8 Å². The Morgan fingerprint density at radius 2 is 1.00 bits per heavy atom. The Bertz CT molecular complexity index is 397. The van der Waals surface area contributed by atoms with E-state index in [1.165, 1.54) is 0 Å². The maximum atomic E-state index is 9.93. The van der Waals surface area contributed by atoms with Crippen molar-refractivity contribution in [3.63, 3.8) is 0 Å². The molecule has 0 amide bonds. The lowest BCUT2D eigenvalue weighted by molar-refractivity contribution is -0.107. The van der Waals surface area contributed by atoms with E-state index in [9.17, 15) is 4.79 Å². The molecule has 2 heteroatoms. The summed E-state index contributed by atoms with van der Waals surface area (Å²) in [5, 5.41) is 8.24. The summed E-state index contributed by atoms with van der Waals surface area (Å²) in [5.74, 6) is 0. The van der Waals surface area contributed by atoms with Gasteiger partial charge >= 0.3 is 0 Å². The number of allylic oxidation sites excluding steroid dienone is 8. The zero-order chi connectivity index (χ0) is 18.1. The van der Waals surface area contributed by atoms with E-state index >= 15 is 0 Å². The Morgan fingerprint density at radius 3 is 1.38 bits per heavy atom. The molecule has 0 fully saturated rings. The highest BCUT2D eigenvalue weighted by Crippen LogP contribution is 1.97. The Kier molecular flexibility index (Phi) is 26.4. The fourth-order valence-corrected chi connectivity index (χ4v) is 1.74. The summed E-state index contributed by atoms with van der Waals surface area (Å²) in [7, 11) is 0. The average Bonchev–Trinajstić information content (AvgIpc) is 2.60. The Labute approximate surface area is 149 Å². The summed E-state index contributed by atoms with van der Waals surface area (Å²) in [6, 6.07) is 2.11. The summed E-state index contributed by atoms with van der Waals surface area (Å²) in [6.45, 7) is 4.27. The Morgan fingerprint density at radius 1 is 0.625 bits per heavy atom. The molecule has 0 aliphatic rings. The fourth-order valence-electron chi connectivity index (χ4n) is 1.74. The van der Waals surface area contributed by atoms with Gasteiger partial charge in [0.25, 0.3) is 0 Å². The molecule has 0 aromatic heterocycles. The average molecular weight is 330 g/mol. The van der Waals surface area contributed by atoms with E-state index in [0.717, 1.165) is 57.7 Å². The van der Waals surface area contributed by atoms with Crippen LogP contribution in [0.4, 0.5) is 0 Å². The van der Waals surface area contributed by atoms with Gasteiger partial charge in [-0.15, -0.1) is 0 Å². The Balaban J connectivity index is 0. The SMILES string of the molecule is CCC=CCCC=CCCC#N.CCC=CCCC=CCCC=O. The molecule has 134 valence electrons. The van der Waals surface area contributed by atoms with Gasteiger partial charge < -0.3 is 4.79 Å². The van der Waals surface area contributed by atoms with E-state index in [4.69, 9.17) is 5.26 Å². The van der Waals surface area contributed by atoms with Crippen LogP contribution in [0.15, 0.2) is 48.6 Å². The first-order chi connectivity index (χ1) is 11.8. The highest BCUT2D eigenvalue weighted by atomic mass is 16.1. The van der Waals surface area contributed by atoms with Crippen molar-refractivity contribution in [2.45, 2.75) is 78.1 Å². The number of hydrogen-bond acceptors (Lipinski definition) is 2. The molecule has 0 spiro atoms. The minimum atomic E-state index is 0.640. The molecule has 0 N–H and O–H groups in total. The van der Waals surface area contributed by atoms with Crippen molar-refractivity contribution in [1.82, 2.24) is 0 Å². The largest absolute Gasteiger partial charge is 0.303 e. The molecule has 0 aliphatic carbocycles. The van der Waals surface area contributed by atoms with Crippen LogP contribution in [0.2, 0.25) is 0 Å². The molecule has 0 aliphatic heterocycles. The molecular formula is C22H35NO. The number of carbonyl (C=O) groups excluding carboxylic acids is 1. The molecule has 0 heterocycles. The van der Waals surface area contributed by atoms with Gasteiger partial charge in [0.2, 0.25) is 0 Å². The third-order valence-corrected chi connectivity index (χ3v) is 3.01. The molecule has 24 heavy (non-hydrogen) atoms. The van der Waals surface area contributed by atoms with E-state index in [1.807, 2.05) is 0 Å². The van der Waals surface area contributed by atoms with E-state index in [1.54, 1.807) is 0 Å². The van der Waals surface area contributed by atoms with Crippen molar-refractivity contribution >= 4 is 6.29 Å². The molecular weight excluding hydrogens is 294 g/mol. The van der Waals surface area contributed by atoms with Gasteiger partial charge in [-0.05, 0) is 51.4 Å². The first-order valence-electron chi connectivity index (χ1n) is 9.23. The smallest absolute Gasteiger partial charge is 0.120 e. The number of rotatable bonds is 13. The maximum absolute atomic E-state index is 9.93. The summed E-state index contributed by atoms with van der Waals surface area (Å²) in [5.41, 5.74) is 0. The first kappa shape index (κ1) is 24.4. The zero-order valence-electron chi connectivity index (χ0n) is 15.6. The van der Waals surface area contributed by atoms with Crippen molar-refractivity contribution in [2.24, 2.45) is 0 Å². The highest BCUT2D eigenvalue weighted by molar-refractivity contribution is 5.49. The molecule has 0 radical (unpaired) electrons. The van der Waals surface area contributed by atoms with Crippen molar-refractivity contribution in [2.75, 3.05) is 0 Å². The van der Waals surface area contributed by atoms with Crippen molar-refractivity contribution < 1.29 is 4.79 Å². The number of nitrogens with zero attached hydrogens (tertiary/aromatic N) is 1. The normalized spacial score (nSPS) is 11.2. The predicted octanol–water partition coefficient (Wildman–Crippen LogP) is 6.86. The number of unbranched alkanes of at least 4 members (excludes halogenated alkanes) is 4. The molecule has 0 bridgehead atoms. The summed E-state index contributed by atoms with van der Waals surface area (Å²) in [4.78, 5) is 9.93. The minimum absolute atomic E-state index is 0.640. The lowest BCUT2D eigenvalue weighted by Crippen LogP contribution is -1.71. The number of nitriles is 1. The van der Waals surface area contributed by atoms with Gasteiger partial charge in [0.05, 0.1) is 6.07 Å². The van der Waals surface area contributed by atoms with Gasteiger partial charge in [-0.2, -0.15) is 5.26 Å². The third kappa shape index (κ3) is 28.3. The van der Waals surface area contributed by atoms with Gasteiger partial charge in [0.15, 0.2) is 0 Å². The maximum Gasteiger partial charge on any atom is 0.120 e. The van der Waals surface area contributed by atoms with E-state index in [0.29, 0.717) is 12.8 Å². The van der Waals surface area contributed by atoms with E-state index in [-0.39, 0.29) is 0 Å². The van der Waals surface area contributed by atoms with Crippen LogP contribution in [0.25, 0.3) is 0 Å². The number of hydrogen-bond donors (Lipinski definition) is 0. The second kappa shape index (κ2) is 26.0. The van der Waals surface area contributed by atoms with Crippen LogP contribution in [0.5, 0.6) is 0 Å². The first-order valence-corrected chi connectivity index (χ1v) is 9.23. The molecule has 0 aromatic carbocycles. The van der Waals surface area contributed by atoms with Gasteiger partial charge in [0.1, 0.15) is 6.29 Å². The second-order valence-corrected chi connectivity index (χ2v) is 5.30. The van der Waals surface area contributed by atoms with Gasteiger partial charge in [-0.1, -0.05) is 62.5 Å². The topological polar surface area (TPSA) is 40.9 Å². The van der Waals surface area contributed by atoms with Crippen LogP contribution in [0.1, 0.15) is 78.1 Å². The molecule has 0 saturated carbocycles. The van der Waals surface area contributed by atoms with Gasteiger partial charge in [-0.3, -0.25) is 0 Å². The molecule has 0 aromatic rings. The standard InChI is InChI=1S/C11H17N.C11H18O/c2*1-2-3-4-5-6-7-8-9-10-11-12/h3-4,7-8H,2,5-6,9-10H2,1H3;3-4,7-8,11H,2,5-6,9-10H2,1H3. The highest BCUT2D eigenvalue weighted by Gasteiger charge is 1.79. The molecule has 0 atom stereocenters. The third-order valence-electron chi connectivity index (χ3n) is 3.01. The van der Waals surface area contributed by atoms with Crippen LogP contribution in [-0.2, 0) is 4.79 Å². The molecule has 0 unspecified atom stereocenters. The molecule has 0 saturated heterocycles. The van der Waals surface area contributed by atoms with Crippen LogP contribution in [0, 0.1) is 11.3 Å². The zero-order valence-corrected chi connectivity index (χ0v) is 15.6. The monoisotopic (exact) mass is 329 g/mol. The number of carbonyl (C=O) groups is 1. The van der Waals surface area contributed by atoms with Crippen LogP contribution >= 0.6 is 0 Å². The van der Waals surface area contributed by atoms with Crippen molar-refractivity contribution in [3.05, 3.63) is 48.6 Å². The minimum Gasteiger partial charge on any atom is -0.303 e. The fraction of sp³-hybridized carbons (Fsp3) is 0.545. The lowest BCUT2D eigenvalue weighted by atomic mass is 10.2. The summed E-state index contributed by atoms with van der Waals surface area (Å²) < 4.78 is 0. The second-order valence-electron chi connectivity index (χ2n) is 5.30. The van der Waals surface area contributed by atoms with E-state index in [2.05, 4.69) is 68.5 Å². The molecule has 0 rings (SSSR count). The predicted molar refractivity (Wildman–Crippen MR) is 106 cm³/mol. The van der Waals surface area contributed by atoms with Gasteiger partial charge in [-0.25, -0.2) is 0 Å². The van der Waals surface area contributed by atoms with Crippen molar-refractivity contribution in [1.29, 1.82) is 5.26 Å². The van der Waals surface area contributed by atoms with Crippen LogP contribution in [0.3, 0.4) is 0 Å². The Hall–Kier alpha value is -1.88. The summed E-state index contributed by atoms with van der Waals surface area (Å²) >= 11 is 0. The lowest BCUT2D eigenvalue weighted by Gasteiger charge is -1.86. The van der Waals surface area contributed by atoms with E-state index < -0.39 is 0 Å². The summed E-state index contributed by atoms with van der Waals surface area (Å²) in [6.07, 6.45) is 27.9. The van der Waals surface area contributed by atoms with Crippen molar-refractivity contribution in [3.8, 4) is 6.07 Å².